The second-order valence-corrected chi connectivity index (χ2v) is 2.64. The summed E-state index contributed by atoms with van der Waals surface area (Å²) in [5.74, 6) is 0.443. The van der Waals surface area contributed by atoms with Crippen molar-refractivity contribution in [2.45, 2.75) is 0 Å². The molecule has 0 saturated heterocycles. The SMILES string of the molecule is CN(C)CC(=O)c1ccco1. The molecular formula is C8H11NO2. The molecule has 0 aliphatic heterocycles. The van der Waals surface area contributed by atoms with Crippen molar-refractivity contribution < 1.29 is 9.21 Å². The lowest BCUT2D eigenvalue weighted by Crippen LogP contribution is -2.21. The van der Waals surface area contributed by atoms with Crippen LogP contribution in [0.15, 0.2) is 22.8 Å². The van der Waals surface area contributed by atoms with Crippen molar-refractivity contribution in [1.82, 2.24) is 4.90 Å². The highest BCUT2D eigenvalue weighted by atomic mass is 16.3. The molecule has 0 N–H and O–H groups in total. The molecule has 0 spiro atoms. The first-order valence-electron chi connectivity index (χ1n) is 3.41. The largest absolute Gasteiger partial charge is 0.461 e. The van der Waals surface area contributed by atoms with Crippen LogP contribution in [0.5, 0.6) is 0 Å². The molecule has 1 aromatic rings. The predicted octanol–water partition coefficient (Wildman–Crippen LogP) is 1.02. The molecular weight excluding hydrogens is 142 g/mol. The van der Waals surface area contributed by atoms with Crippen LogP contribution in [0.4, 0.5) is 0 Å². The van der Waals surface area contributed by atoms with Crippen molar-refractivity contribution in [3.63, 3.8) is 0 Å². The van der Waals surface area contributed by atoms with E-state index in [4.69, 9.17) is 4.42 Å². The van der Waals surface area contributed by atoms with Crippen molar-refractivity contribution >= 4 is 5.78 Å². The Morgan fingerprint density at radius 3 is 2.82 bits per heavy atom. The summed E-state index contributed by atoms with van der Waals surface area (Å²) in [4.78, 5) is 13.0. The number of likely N-dealkylation sites (N-methyl/N-ethyl adjacent to an activating group) is 1. The van der Waals surface area contributed by atoms with Gasteiger partial charge in [-0.2, -0.15) is 0 Å². The number of rotatable bonds is 3. The van der Waals surface area contributed by atoms with E-state index >= 15 is 0 Å². The second kappa shape index (κ2) is 3.34. The zero-order chi connectivity index (χ0) is 8.27. The third-order valence-corrected chi connectivity index (χ3v) is 1.26. The Bertz CT molecular complexity index is 226. The van der Waals surface area contributed by atoms with E-state index < -0.39 is 0 Å². The van der Waals surface area contributed by atoms with Crippen LogP contribution in [0.2, 0.25) is 0 Å². The molecule has 0 unspecified atom stereocenters. The zero-order valence-electron chi connectivity index (χ0n) is 6.70. The van der Waals surface area contributed by atoms with Gasteiger partial charge in [0.2, 0.25) is 5.78 Å². The smallest absolute Gasteiger partial charge is 0.211 e. The predicted molar refractivity (Wildman–Crippen MR) is 41.6 cm³/mol. The molecule has 0 radical (unpaired) electrons. The summed E-state index contributed by atoms with van der Waals surface area (Å²) in [7, 11) is 3.70. The van der Waals surface area contributed by atoms with Crippen LogP contribution < -0.4 is 0 Å². The molecule has 60 valence electrons. The number of carbonyl (C=O) groups is 1. The van der Waals surface area contributed by atoms with E-state index in [0.29, 0.717) is 12.3 Å². The minimum atomic E-state index is 0.0139. The quantitative estimate of drug-likeness (QED) is 0.608. The average molecular weight is 153 g/mol. The van der Waals surface area contributed by atoms with E-state index in [1.165, 1.54) is 6.26 Å². The van der Waals surface area contributed by atoms with Crippen molar-refractivity contribution in [2.24, 2.45) is 0 Å². The standard InChI is InChI=1S/C8H11NO2/c1-9(2)6-7(10)8-4-3-5-11-8/h3-5H,6H2,1-2H3. The third kappa shape index (κ3) is 2.20. The first kappa shape index (κ1) is 8.01. The van der Waals surface area contributed by atoms with Gasteiger partial charge in [0.15, 0.2) is 5.76 Å². The van der Waals surface area contributed by atoms with Crippen LogP contribution in [0.3, 0.4) is 0 Å². The van der Waals surface area contributed by atoms with E-state index in [-0.39, 0.29) is 5.78 Å². The van der Waals surface area contributed by atoms with Crippen molar-refractivity contribution in [3.05, 3.63) is 24.2 Å². The fraction of sp³-hybridized carbons (Fsp3) is 0.375. The number of nitrogens with zero attached hydrogens (tertiary/aromatic N) is 1. The van der Waals surface area contributed by atoms with Crippen LogP contribution in [0.1, 0.15) is 10.6 Å². The molecule has 0 aliphatic carbocycles. The van der Waals surface area contributed by atoms with E-state index in [9.17, 15) is 4.79 Å². The Kier molecular flexibility index (Phi) is 2.44. The first-order chi connectivity index (χ1) is 5.20. The molecule has 1 rings (SSSR count). The van der Waals surface area contributed by atoms with Crippen LogP contribution in [-0.2, 0) is 0 Å². The fourth-order valence-corrected chi connectivity index (χ4v) is 0.802. The van der Waals surface area contributed by atoms with Crippen LogP contribution >= 0.6 is 0 Å². The Hall–Kier alpha value is -1.09. The summed E-state index contributed by atoms with van der Waals surface area (Å²) in [6, 6.07) is 3.38. The van der Waals surface area contributed by atoms with Gasteiger partial charge in [-0.25, -0.2) is 0 Å². The summed E-state index contributed by atoms with van der Waals surface area (Å²) in [6.07, 6.45) is 1.50. The lowest BCUT2D eigenvalue weighted by Gasteiger charge is -2.05. The molecule has 1 heterocycles. The van der Waals surface area contributed by atoms with Crippen LogP contribution in [0.25, 0.3) is 0 Å². The third-order valence-electron chi connectivity index (χ3n) is 1.26. The van der Waals surface area contributed by atoms with E-state index in [0.717, 1.165) is 0 Å². The highest BCUT2D eigenvalue weighted by Gasteiger charge is 2.08. The van der Waals surface area contributed by atoms with E-state index in [1.807, 2.05) is 19.0 Å². The topological polar surface area (TPSA) is 33.5 Å². The molecule has 0 saturated carbocycles. The van der Waals surface area contributed by atoms with Gasteiger partial charge in [-0.15, -0.1) is 0 Å². The van der Waals surface area contributed by atoms with E-state index in [2.05, 4.69) is 0 Å². The maximum atomic E-state index is 11.2. The number of ketones is 1. The number of carbonyl (C=O) groups excluding carboxylic acids is 1. The Labute approximate surface area is 65.6 Å². The lowest BCUT2D eigenvalue weighted by atomic mass is 10.3. The summed E-state index contributed by atoms with van der Waals surface area (Å²) in [6.45, 7) is 0.396. The van der Waals surface area contributed by atoms with Gasteiger partial charge in [0.25, 0.3) is 0 Å². The molecule has 0 aromatic carbocycles. The fourth-order valence-electron chi connectivity index (χ4n) is 0.802. The highest BCUT2D eigenvalue weighted by molar-refractivity contribution is 5.94. The second-order valence-electron chi connectivity index (χ2n) is 2.64. The summed E-state index contributed by atoms with van der Waals surface area (Å²) < 4.78 is 4.92. The summed E-state index contributed by atoms with van der Waals surface area (Å²) >= 11 is 0. The number of hydrogen-bond acceptors (Lipinski definition) is 3. The molecule has 1 aromatic heterocycles. The molecule has 0 atom stereocenters. The van der Waals surface area contributed by atoms with Gasteiger partial charge in [0.1, 0.15) is 0 Å². The van der Waals surface area contributed by atoms with Gasteiger partial charge in [-0.05, 0) is 26.2 Å². The Morgan fingerprint density at radius 2 is 2.36 bits per heavy atom. The molecule has 11 heavy (non-hydrogen) atoms. The van der Waals surface area contributed by atoms with Gasteiger partial charge in [0.05, 0.1) is 12.8 Å². The first-order valence-corrected chi connectivity index (χ1v) is 3.41. The molecule has 0 aliphatic rings. The van der Waals surface area contributed by atoms with E-state index in [1.54, 1.807) is 12.1 Å². The van der Waals surface area contributed by atoms with Crippen molar-refractivity contribution in [1.29, 1.82) is 0 Å². The van der Waals surface area contributed by atoms with Gasteiger partial charge in [-0.3, -0.25) is 4.79 Å². The van der Waals surface area contributed by atoms with Gasteiger partial charge in [-0.1, -0.05) is 0 Å². The number of hydrogen-bond donors (Lipinski definition) is 0. The van der Waals surface area contributed by atoms with Gasteiger partial charge >= 0.3 is 0 Å². The molecule has 3 heteroatoms. The number of Topliss-reactive ketones (excluding diaryl/α,β-unsaturated/α-hetero) is 1. The molecule has 0 amide bonds. The van der Waals surface area contributed by atoms with Gasteiger partial charge in [0, 0.05) is 0 Å². The molecule has 3 nitrogen and oxygen atoms in total. The maximum absolute atomic E-state index is 11.2. The Balaban J connectivity index is 2.57. The number of furan rings is 1. The Morgan fingerprint density at radius 1 is 1.64 bits per heavy atom. The van der Waals surface area contributed by atoms with Crippen molar-refractivity contribution in [2.75, 3.05) is 20.6 Å². The highest BCUT2D eigenvalue weighted by Crippen LogP contribution is 2.00. The lowest BCUT2D eigenvalue weighted by molar-refractivity contribution is 0.0930. The molecule has 0 fully saturated rings. The maximum Gasteiger partial charge on any atom is 0.211 e. The van der Waals surface area contributed by atoms with Crippen LogP contribution in [-0.4, -0.2) is 31.3 Å². The summed E-state index contributed by atoms with van der Waals surface area (Å²) in [5, 5.41) is 0. The monoisotopic (exact) mass is 153 g/mol. The van der Waals surface area contributed by atoms with Gasteiger partial charge < -0.3 is 9.32 Å². The summed E-state index contributed by atoms with van der Waals surface area (Å²) in [5.41, 5.74) is 0. The normalized spacial score (nSPS) is 10.5. The van der Waals surface area contributed by atoms with Crippen molar-refractivity contribution in [3.8, 4) is 0 Å². The zero-order valence-corrected chi connectivity index (χ0v) is 6.70. The minimum Gasteiger partial charge on any atom is -0.461 e. The average Bonchev–Trinajstić information content (AvgIpc) is 2.35. The molecule has 0 bridgehead atoms. The van der Waals surface area contributed by atoms with Crippen LogP contribution in [0, 0.1) is 0 Å². The minimum absolute atomic E-state index is 0.0139.